The highest BCUT2D eigenvalue weighted by Gasteiger charge is 2.40. The van der Waals surface area contributed by atoms with Gasteiger partial charge in [0.25, 0.3) is 0 Å². The zero-order chi connectivity index (χ0) is 16.6. The van der Waals surface area contributed by atoms with Crippen molar-refractivity contribution in [3.05, 3.63) is 36.7 Å². The third-order valence-electron chi connectivity index (χ3n) is 3.49. The topological polar surface area (TPSA) is 97.6 Å². The van der Waals surface area contributed by atoms with E-state index in [-0.39, 0.29) is 18.0 Å². The van der Waals surface area contributed by atoms with Gasteiger partial charge < -0.3 is 9.84 Å². The minimum atomic E-state index is -3.94. The Morgan fingerprint density at radius 1 is 1.35 bits per heavy atom. The lowest BCUT2D eigenvalue weighted by atomic mass is 10.3. The Hall–Kier alpha value is -2.04. The van der Waals surface area contributed by atoms with Gasteiger partial charge in [0.1, 0.15) is 22.9 Å². The fourth-order valence-corrected chi connectivity index (χ4v) is 3.80. The summed E-state index contributed by atoms with van der Waals surface area (Å²) in [6.45, 7) is -0.182. The summed E-state index contributed by atoms with van der Waals surface area (Å²) in [5, 5.41) is 14.0. The second-order valence-electron chi connectivity index (χ2n) is 5.23. The van der Waals surface area contributed by atoms with Crippen LogP contribution in [-0.4, -0.2) is 57.9 Å². The first-order valence-electron chi connectivity index (χ1n) is 6.80. The minimum Gasteiger partial charge on any atom is -0.483 e. The van der Waals surface area contributed by atoms with Crippen LogP contribution in [0.25, 0.3) is 0 Å². The predicted octanol–water partition coefficient (Wildman–Crippen LogP) is -0.233. The summed E-state index contributed by atoms with van der Waals surface area (Å²) in [6, 6.07) is 0.893. The smallest absolute Gasteiger partial charge is 0.244 e. The number of rotatable bonds is 4. The van der Waals surface area contributed by atoms with E-state index in [0.717, 1.165) is 22.8 Å². The van der Waals surface area contributed by atoms with E-state index in [4.69, 9.17) is 4.74 Å². The summed E-state index contributed by atoms with van der Waals surface area (Å²) in [6.07, 6.45) is 3.36. The van der Waals surface area contributed by atoms with E-state index in [2.05, 4.69) is 10.1 Å². The number of hydrogen-bond acceptors (Lipinski definition) is 6. The van der Waals surface area contributed by atoms with Crippen molar-refractivity contribution < 1.29 is 22.7 Å². The standard InChI is InChI=1S/C13H15FN4O4S/c1-17-6-10(4-16-17)22-13-8-18(7-12(13)19)23(20,21)11-2-9(14)3-15-5-11/h2-6,12-13,19H,7-8H2,1H3/t12-,13-/m1/s1. The molecule has 1 fully saturated rings. The molecule has 0 unspecified atom stereocenters. The van der Waals surface area contributed by atoms with Crippen LogP contribution in [0.5, 0.6) is 5.75 Å². The lowest BCUT2D eigenvalue weighted by Crippen LogP contribution is -2.31. The van der Waals surface area contributed by atoms with Crippen molar-refractivity contribution in [2.24, 2.45) is 7.05 Å². The van der Waals surface area contributed by atoms with Gasteiger partial charge in [-0.05, 0) is 6.07 Å². The van der Waals surface area contributed by atoms with Crippen LogP contribution in [0, 0.1) is 5.82 Å². The Morgan fingerprint density at radius 2 is 2.13 bits per heavy atom. The van der Waals surface area contributed by atoms with Gasteiger partial charge in [0.05, 0.1) is 25.1 Å². The molecule has 2 aromatic heterocycles. The van der Waals surface area contributed by atoms with Gasteiger partial charge in [-0.1, -0.05) is 0 Å². The molecule has 0 amide bonds. The van der Waals surface area contributed by atoms with Gasteiger partial charge in [0.15, 0.2) is 5.75 Å². The molecule has 0 bridgehead atoms. The van der Waals surface area contributed by atoms with Gasteiger partial charge in [0, 0.05) is 19.8 Å². The number of aliphatic hydroxyl groups excluding tert-OH is 1. The number of hydrogen-bond donors (Lipinski definition) is 1. The van der Waals surface area contributed by atoms with E-state index in [0.29, 0.717) is 5.75 Å². The molecule has 3 heterocycles. The Labute approximate surface area is 132 Å². The Balaban J connectivity index is 1.77. The molecule has 0 saturated carbocycles. The van der Waals surface area contributed by atoms with Crippen molar-refractivity contribution in [3.8, 4) is 5.75 Å². The summed E-state index contributed by atoms with van der Waals surface area (Å²) in [5.74, 6) is -0.308. The first-order chi connectivity index (χ1) is 10.9. The van der Waals surface area contributed by atoms with E-state index in [1.807, 2.05) is 0 Å². The number of aryl methyl sites for hydroxylation is 1. The van der Waals surface area contributed by atoms with Crippen LogP contribution in [0.2, 0.25) is 0 Å². The SMILES string of the molecule is Cn1cc(O[C@@H]2CN(S(=O)(=O)c3cncc(F)c3)C[C@H]2O)cn1. The average molecular weight is 342 g/mol. The number of pyridine rings is 1. The van der Waals surface area contributed by atoms with Crippen molar-refractivity contribution in [2.75, 3.05) is 13.1 Å². The monoisotopic (exact) mass is 342 g/mol. The van der Waals surface area contributed by atoms with Crippen LogP contribution in [0.15, 0.2) is 35.7 Å². The fourth-order valence-electron chi connectivity index (χ4n) is 2.35. The molecule has 1 aliphatic heterocycles. The zero-order valence-corrected chi connectivity index (χ0v) is 13.0. The average Bonchev–Trinajstić information content (AvgIpc) is 3.06. The number of sulfonamides is 1. The first-order valence-corrected chi connectivity index (χ1v) is 8.24. The van der Waals surface area contributed by atoms with E-state index in [1.165, 1.54) is 10.9 Å². The third-order valence-corrected chi connectivity index (χ3v) is 5.29. The largest absolute Gasteiger partial charge is 0.483 e. The Morgan fingerprint density at radius 3 is 2.78 bits per heavy atom. The number of aromatic nitrogens is 3. The third kappa shape index (κ3) is 3.19. The van der Waals surface area contributed by atoms with Crippen LogP contribution < -0.4 is 4.74 Å². The maximum atomic E-state index is 13.2. The molecule has 1 N–H and O–H groups in total. The van der Waals surface area contributed by atoms with Gasteiger partial charge >= 0.3 is 0 Å². The predicted molar refractivity (Wildman–Crippen MR) is 76.6 cm³/mol. The summed E-state index contributed by atoms with van der Waals surface area (Å²) in [4.78, 5) is 3.29. The minimum absolute atomic E-state index is 0.0467. The maximum Gasteiger partial charge on any atom is 0.244 e. The van der Waals surface area contributed by atoms with Crippen LogP contribution in [-0.2, 0) is 17.1 Å². The molecule has 8 nitrogen and oxygen atoms in total. The van der Waals surface area contributed by atoms with Gasteiger partial charge in [-0.15, -0.1) is 0 Å². The molecule has 124 valence electrons. The van der Waals surface area contributed by atoms with Crippen molar-refractivity contribution >= 4 is 10.0 Å². The van der Waals surface area contributed by atoms with Crippen LogP contribution in [0.3, 0.4) is 0 Å². The number of aliphatic hydroxyl groups is 1. The lowest BCUT2D eigenvalue weighted by Gasteiger charge is -2.16. The molecule has 0 radical (unpaired) electrons. The highest BCUT2D eigenvalue weighted by molar-refractivity contribution is 7.89. The van der Waals surface area contributed by atoms with Gasteiger partial charge in [-0.25, -0.2) is 12.8 Å². The molecule has 3 rings (SSSR count). The summed E-state index contributed by atoms with van der Waals surface area (Å²) < 4.78 is 46.3. The van der Waals surface area contributed by atoms with Crippen molar-refractivity contribution in [2.45, 2.75) is 17.1 Å². The number of nitrogens with zero attached hydrogens (tertiary/aromatic N) is 4. The molecule has 10 heteroatoms. The Kier molecular flexibility index (Phi) is 4.04. The first kappa shape index (κ1) is 15.8. The second kappa shape index (κ2) is 5.87. The fraction of sp³-hybridized carbons (Fsp3) is 0.385. The Bertz CT molecular complexity index is 810. The van der Waals surface area contributed by atoms with Crippen LogP contribution in [0.1, 0.15) is 0 Å². The van der Waals surface area contributed by atoms with E-state index < -0.39 is 28.0 Å². The van der Waals surface area contributed by atoms with E-state index in [9.17, 15) is 17.9 Å². The summed E-state index contributed by atoms with van der Waals surface area (Å²) >= 11 is 0. The van der Waals surface area contributed by atoms with Crippen molar-refractivity contribution in [3.63, 3.8) is 0 Å². The highest BCUT2D eigenvalue weighted by Crippen LogP contribution is 2.24. The second-order valence-corrected chi connectivity index (χ2v) is 7.17. The molecule has 2 atom stereocenters. The van der Waals surface area contributed by atoms with E-state index >= 15 is 0 Å². The molecular weight excluding hydrogens is 327 g/mol. The van der Waals surface area contributed by atoms with Gasteiger partial charge in [-0.3, -0.25) is 9.67 Å². The van der Waals surface area contributed by atoms with Gasteiger partial charge in [0.2, 0.25) is 10.0 Å². The number of ether oxygens (including phenoxy) is 1. The summed E-state index contributed by atoms with van der Waals surface area (Å²) in [7, 11) is -2.23. The molecule has 0 aliphatic carbocycles. The zero-order valence-electron chi connectivity index (χ0n) is 12.2. The molecular formula is C13H15FN4O4S. The number of halogens is 1. The quantitative estimate of drug-likeness (QED) is 0.824. The normalized spacial score (nSPS) is 22.4. The summed E-state index contributed by atoms with van der Waals surface area (Å²) in [5.41, 5.74) is 0. The molecule has 1 aliphatic rings. The molecule has 0 spiro atoms. The number of β-amino-alcohol motifs (C(OH)–C–C–N with tert-alkyl or cyclic N) is 1. The molecule has 23 heavy (non-hydrogen) atoms. The molecule has 2 aromatic rings. The van der Waals surface area contributed by atoms with Gasteiger partial charge in [-0.2, -0.15) is 9.40 Å². The molecule has 0 aromatic carbocycles. The molecule has 1 saturated heterocycles. The van der Waals surface area contributed by atoms with E-state index in [1.54, 1.807) is 13.2 Å². The van der Waals surface area contributed by atoms with Crippen molar-refractivity contribution in [1.82, 2.24) is 19.1 Å². The highest BCUT2D eigenvalue weighted by atomic mass is 32.2. The van der Waals surface area contributed by atoms with Crippen molar-refractivity contribution in [1.29, 1.82) is 0 Å². The maximum absolute atomic E-state index is 13.2. The van der Waals surface area contributed by atoms with Crippen LogP contribution >= 0.6 is 0 Å². The lowest BCUT2D eigenvalue weighted by molar-refractivity contribution is 0.0737. The van der Waals surface area contributed by atoms with Crippen LogP contribution in [0.4, 0.5) is 4.39 Å².